The van der Waals surface area contributed by atoms with Gasteiger partial charge in [-0.1, -0.05) is 52.8 Å². The van der Waals surface area contributed by atoms with Gasteiger partial charge in [0.15, 0.2) is 24.2 Å². The molecule has 0 saturated heterocycles. The van der Waals surface area contributed by atoms with Gasteiger partial charge in [-0.25, -0.2) is 9.59 Å². The number of aliphatic hydroxyl groups is 1. The van der Waals surface area contributed by atoms with E-state index in [2.05, 4.69) is 15.6 Å². The first kappa shape index (κ1) is 28.6. The van der Waals surface area contributed by atoms with Gasteiger partial charge in [0.25, 0.3) is 5.91 Å². The summed E-state index contributed by atoms with van der Waals surface area (Å²) in [5, 5.41) is 31.3. The number of aliphatic hydroxyl groups excluding tert-OH is 1. The molecule has 0 spiro atoms. The molecule has 0 aliphatic carbocycles. The van der Waals surface area contributed by atoms with E-state index in [0.29, 0.717) is 15.4 Å². The first-order chi connectivity index (χ1) is 20.2. The molecule has 5 aromatic rings. The zero-order valence-corrected chi connectivity index (χ0v) is 22.9. The van der Waals surface area contributed by atoms with E-state index in [1.54, 1.807) is 6.07 Å². The first-order valence-electron chi connectivity index (χ1n) is 12.8. The Kier molecular flexibility index (Phi) is 8.36. The Balaban J connectivity index is 1.32. The van der Waals surface area contributed by atoms with Crippen molar-refractivity contribution in [2.75, 3.05) is 0 Å². The number of carbonyl (C=O) groups excluding carboxylic acids is 2. The fourth-order valence-corrected chi connectivity index (χ4v) is 4.59. The van der Waals surface area contributed by atoms with E-state index in [4.69, 9.17) is 25.2 Å². The van der Waals surface area contributed by atoms with Crippen LogP contribution in [0.5, 0.6) is 0 Å². The minimum absolute atomic E-state index is 0.0261. The van der Waals surface area contributed by atoms with Gasteiger partial charge in [-0.2, -0.15) is 0 Å². The highest BCUT2D eigenvalue weighted by Crippen LogP contribution is 2.24. The lowest BCUT2D eigenvalue weighted by atomic mass is 9.97. The molecule has 5 rings (SSSR count). The predicted octanol–water partition coefficient (Wildman–Crippen LogP) is 3.68. The standard InChI is InChI=1S/C29H25ClN4O8/c1-16-26(42-29(38)41-16)15-40-28(37)25(35)14-22(31-27(36)20-9-10-23-24(13-20)34(39)33-32-23)11-17-5-7-18(8-6-17)19-3-2-4-21(30)12-19/h2-10,12-13,22,25,35,39H,11,14-15H2,1H3,(H,31,36)/t22-,25-/m1/s1. The zero-order chi connectivity index (χ0) is 29.8. The lowest BCUT2D eigenvalue weighted by Gasteiger charge is -2.21. The van der Waals surface area contributed by atoms with Crippen molar-refractivity contribution < 1.29 is 33.5 Å². The van der Waals surface area contributed by atoms with Crippen LogP contribution in [-0.4, -0.2) is 49.5 Å². The second-order valence-corrected chi connectivity index (χ2v) is 9.99. The number of carbonyl (C=O) groups is 2. The fraction of sp³-hybridized carbons (Fsp3) is 0.207. The summed E-state index contributed by atoms with van der Waals surface area (Å²) in [5.41, 5.74) is 3.55. The summed E-state index contributed by atoms with van der Waals surface area (Å²) in [5.74, 6) is -2.22. The molecule has 0 saturated carbocycles. The monoisotopic (exact) mass is 592 g/mol. The van der Waals surface area contributed by atoms with Crippen LogP contribution in [0.2, 0.25) is 5.02 Å². The molecule has 12 nitrogen and oxygen atoms in total. The number of hydrogen-bond acceptors (Lipinski definition) is 10. The van der Waals surface area contributed by atoms with Crippen LogP contribution in [-0.2, 0) is 22.6 Å². The van der Waals surface area contributed by atoms with Crippen molar-refractivity contribution >= 4 is 34.5 Å². The maximum Gasteiger partial charge on any atom is 0.519 e. The van der Waals surface area contributed by atoms with Crippen molar-refractivity contribution in [1.29, 1.82) is 0 Å². The van der Waals surface area contributed by atoms with E-state index in [9.17, 15) is 24.7 Å². The average molecular weight is 593 g/mol. The Morgan fingerprint density at radius 2 is 1.86 bits per heavy atom. The summed E-state index contributed by atoms with van der Waals surface area (Å²) in [6, 6.07) is 18.8. The molecular weight excluding hydrogens is 568 g/mol. The second kappa shape index (κ2) is 12.3. The minimum Gasteiger partial charge on any atom is -0.455 e. The third-order valence-corrected chi connectivity index (χ3v) is 6.82. The summed E-state index contributed by atoms with van der Waals surface area (Å²) in [4.78, 5) is 37.6. The average Bonchev–Trinajstić information content (AvgIpc) is 3.51. The molecule has 0 aliphatic heterocycles. The van der Waals surface area contributed by atoms with Crippen molar-refractivity contribution in [3.05, 3.63) is 105 Å². The highest BCUT2D eigenvalue weighted by atomic mass is 35.5. The summed E-state index contributed by atoms with van der Waals surface area (Å²) < 4.78 is 14.7. The SMILES string of the molecule is Cc1oc(=O)oc1COC(=O)[C@H](O)C[C@@H](Cc1ccc(-c2cccc(Cl)c2)cc1)NC(=O)c1ccc2nnn(O)c2c1. The number of rotatable bonds is 10. The van der Waals surface area contributed by atoms with Gasteiger partial charge in [0.2, 0.25) is 0 Å². The Morgan fingerprint density at radius 1 is 1.07 bits per heavy atom. The molecule has 0 radical (unpaired) electrons. The van der Waals surface area contributed by atoms with E-state index in [1.165, 1.54) is 25.1 Å². The number of nitrogens with one attached hydrogen (secondary N) is 1. The van der Waals surface area contributed by atoms with Gasteiger partial charge in [-0.05, 0) is 65.6 Å². The Hall–Kier alpha value is -4.94. The van der Waals surface area contributed by atoms with Crippen LogP contribution in [0.25, 0.3) is 22.2 Å². The molecule has 2 aromatic heterocycles. The number of hydrogen-bond donors (Lipinski definition) is 3. The number of benzene rings is 3. The Labute approximate surface area is 243 Å². The minimum atomic E-state index is -1.61. The van der Waals surface area contributed by atoms with E-state index in [1.807, 2.05) is 42.5 Å². The molecule has 13 heteroatoms. The predicted molar refractivity (Wildman–Crippen MR) is 149 cm³/mol. The van der Waals surface area contributed by atoms with Crippen LogP contribution < -0.4 is 11.1 Å². The molecule has 0 unspecified atom stereocenters. The van der Waals surface area contributed by atoms with Crippen molar-refractivity contribution in [3.8, 4) is 11.1 Å². The number of aryl methyl sites for hydroxylation is 1. The molecule has 2 heterocycles. The lowest BCUT2D eigenvalue weighted by molar-refractivity contribution is -0.156. The Morgan fingerprint density at radius 3 is 2.57 bits per heavy atom. The van der Waals surface area contributed by atoms with Crippen molar-refractivity contribution in [1.82, 2.24) is 20.5 Å². The van der Waals surface area contributed by atoms with E-state index in [0.717, 1.165) is 16.7 Å². The topological polar surface area (TPSA) is 170 Å². The number of esters is 1. The van der Waals surface area contributed by atoms with E-state index < -0.39 is 36.5 Å². The Bertz CT molecular complexity index is 1790. The van der Waals surface area contributed by atoms with Gasteiger partial charge in [-0.15, -0.1) is 5.10 Å². The quantitative estimate of drug-likeness (QED) is 0.160. The number of halogens is 1. The molecule has 0 bridgehead atoms. The van der Waals surface area contributed by atoms with Gasteiger partial charge in [0.1, 0.15) is 11.0 Å². The molecule has 0 aliphatic rings. The zero-order valence-electron chi connectivity index (χ0n) is 22.2. The molecule has 42 heavy (non-hydrogen) atoms. The van der Waals surface area contributed by atoms with Crippen LogP contribution in [0.3, 0.4) is 0 Å². The summed E-state index contributed by atoms with van der Waals surface area (Å²) in [6.07, 6.45) is -1.52. The van der Waals surface area contributed by atoms with Crippen molar-refractivity contribution in [2.45, 2.75) is 38.5 Å². The smallest absolute Gasteiger partial charge is 0.455 e. The number of fused-ring (bicyclic) bond motifs is 1. The van der Waals surface area contributed by atoms with Crippen LogP contribution >= 0.6 is 11.6 Å². The number of amides is 1. The van der Waals surface area contributed by atoms with Gasteiger partial charge in [-0.3, -0.25) is 4.79 Å². The maximum absolute atomic E-state index is 13.2. The molecule has 3 N–H and O–H groups in total. The van der Waals surface area contributed by atoms with Crippen LogP contribution in [0.1, 0.15) is 33.9 Å². The van der Waals surface area contributed by atoms with Crippen LogP contribution in [0.15, 0.2) is 80.4 Å². The molecule has 1 amide bonds. The number of nitrogens with zero attached hydrogens (tertiary/aromatic N) is 3. The first-order valence-corrected chi connectivity index (χ1v) is 13.2. The van der Waals surface area contributed by atoms with Crippen molar-refractivity contribution in [3.63, 3.8) is 0 Å². The summed E-state index contributed by atoms with van der Waals surface area (Å²) in [7, 11) is 0. The molecule has 3 aromatic carbocycles. The van der Waals surface area contributed by atoms with Gasteiger partial charge < -0.3 is 29.2 Å². The van der Waals surface area contributed by atoms with Gasteiger partial charge in [0, 0.05) is 23.0 Å². The van der Waals surface area contributed by atoms with E-state index in [-0.39, 0.29) is 35.4 Å². The molecule has 0 fully saturated rings. The highest BCUT2D eigenvalue weighted by molar-refractivity contribution is 6.30. The molecule has 2 atom stereocenters. The summed E-state index contributed by atoms with van der Waals surface area (Å²) >= 11 is 6.12. The summed E-state index contributed by atoms with van der Waals surface area (Å²) in [6.45, 7) is 1.07. The van der Waals surface area contributed by atoms with E-state index >= 15 is 0 Å². The molecule has 216 valence electrons. The number of aromatic nitrogens is 3. The number of ether oxygens (including phenoxy) is 1. The normalized spacial score (nSPS) is 12.6. The maximum atomic E-state index is 13.2. The second-order valence-electron chi connectivity index (χ2n) is 9.56. The third kappa shape index (κ3) is 6.67. The largest absolute Gasteiger partial charge is 0.519 e. The fourth-order valence-electron chi connectivity index (χ4n) is 4.40. The van der Waals surface area contributed by atoms with Crippen LogP contribution in [0.4, 0.5) is 0 Å². The highest BCUT2D eigenvalue weighted by Gasteiger charge is 2.25. The van der Waals surface area contributed by atoms with Crippen molar-refractivity contribution in [2.24, 2.45) is 0 Å². The molecular formula is C29H25ClN4O8. The third-order valence-electron chi connectivity index (χ3n) is 6.58. The van der Waals surface area contributed by atoms with Gasteiger partial charge >= 0.3 is 11.8 Å². The van der Waals surface area contributed by atoms with Gasteiger partial charge in [0.05, 0.1) is 0 Å². The lowest BCUT2D eigenvalue weighted by Crippen LogP contribution is -2.41. The van der Waals surface area contributed by atoms with Crippen LogP contribution in [0, 0.1) is 6.92 Å².